The molecule has 0 unspecified atom stereocenters. The zero-order chi connectivity index (χ0) is 15.7. The predicted octanol–water partition coefficient (Wildman–Crippen LogP) is 3.98. The molecule has 0 aliphatic heterocycles. The number of oxazole rings is 1. The number of carboxylic acids is 1. The summed E-state index contributed by atoms with van der Waals surface area (Å²) in [6.07, 6.45) is 0.0806. The molecule has 22 heavy (non-hydrogen) atoms. The molecule has 0 saturated carbocycles. The summed E-state index contributed by atoms with van der Waals surface area (Å²) in [4.78, 5) is 15.4. The van der Waals surface area contributed by atoms with Gasteiger partial charge in [0.2, 0.25) is 5.89 Å². The molecule has 1 heterocycles. The number of carboxylic acid groups (broad SMARTS) is 1. The van der Waals surface area contributed by atoms with E-state index >= 15 is 0 Å². The summed E-state index contributed by atoms with van der Waals surface area (Å²) in [6.45, 7) is 3.92. The minimum atomic E-state index is -0.993. The van der Waals surface area contributed by atoms with Crippen LogP contribution in [0.1, 0.15) is 24.2 Å². The van der Waals surface area contributed by atoms with Crippen molar-refractivity contribution in [2.24, 2.45) is 0 Å². The number of hydrogen-bond acceptors (Lipinski definition) is 4. The maximum Gasteiger partial charge on any atom is 0.335 e. The Labute approximate surface area is 127 Å². The first kappa shape index (κ1) is 14.1. The van der Waals surface area contributed by atoms with Crippen LogP contribution in [0.3, 0.4) is 0 Å². The Morgan fingerprint density at radius 3 is 2.77 bits per heavy atom. The maximum atomic E-state index is 11.0. The second-order valence-electron chi connectivity index (χ2n) is 5.20. The minimum absolute atomic E-state index is 0.0806. The molecule has 3 aromatic rings. The topological polar surface area (TPSA) is 72.6 Å². The van der Waals surface area contributed by atoms with Crippen LogP contribution in [-0.2, 0) is 0 Å². The van der Waals surface area contributed by atoms with Crippen LogP contribution in [0.15, 0.2) is 46.9 Å². The first-order valence-corrected chi connectivity index (χ1v) is 6.94. The van der Waals surface area contributed by atoms with Crippen molar-refractivity contribution < 1.29 is 19.1 Å². The normalized spacial score (nSPS) is 11.0. The Morgan fingerprint density at radius 1 is 1.23 bits per heavy atom. The molecule has 0 spiro atoms. The van der Waals surface area contributed by atoms with Crippen LogP contribution in [0.2, 0.25) is 0 Å². The van der Waals surface area contributed by atoms with Crippen LogP contribution >= 0.6 is 0 Å². The van der Waals surface area contributed by atoms with Crippen molar-refractivity contribution >= 4 is 17.1 Å². The highest BCUT2D eigenvalue weighted by atomic mass is 16.5. The van der Waals surface area contributed by atoms with E-state index in [0.717, 1.165) is 11.3 Å². The molecule has 0 radical (unpaired) electrons. The van der Waals surface area contributed by atoms with Gasteiger partial charge in [0, 0.05) is 5.56 Å². The number of fused-ring (bicyclic) bond motifs is 1. The van der Waals surface area contributed by atoms with E-state index in [1.807, 2.05) is 38.1 Å². The van der Waals surface area contributed by atoms with Crippen LogP contribution in [-0.4, -0.2) is 22.2 Å². The third-order valence-corrected chi connectivity index (χ3v) is 3.09. The first-order valence-electron chi connectivity index (χ1n) is 6.94. The minimum Gasteiger partial charge on any atom is -0.491 e. The monoisotopic (exact) mass is 297 g/mol. The van der Waals surface area contributed by atoms with Gasteiger partial charge in [0.15, 0.2) is 5.58 Å². The standard InChI is InChI=1S/C17H15NO4/c1-10(2)21-13-5-3-4-11(8-13)16-18-14-7-6-12(17(19)20)9-15(14)22-16/h3-10H,1-2H3,(H,19,20). The Morgan fingerprint density at radius 2 is 2.05 bits per heavy atom. The van der Waals surface area contributed by atoms with Crippen molar-refractivity contribution in [3.05, 3.63) is 48.0 Å². The highest BCUT2D eigenvalue weighted by molar-refractivity contribution is 5.92. The summed E-state index contributed by atoms with van der Waals surface area (Å²) in [7, 11) is 0. The molecular formula is C17H15NO4. The fourth-order valence-electron chi connectivity index (χ4n) is 2.16. The van der Waals surface area contributed by atoms with Gasteiger partial charge in [-0.05, 0) is 50.2 Å². The predicted molar refractivity (Wildman–Crippen MR) is 82.2 cm³/mol. The molecule has 0 fully saturated rings. The van der Waals surface area contributed by atoms with E-state index in [1.54, 1.807) is 6.07 Å². The van der Waals surface area contributed by atoms with Gasteiger partial charge in [-0.3, -0.25) is 0 Å². The summed E-state index contributed by atoms with van der Waals surface area (Å²) in [5, 5.41) is 9.01. The fraction of sp³-hybridized carbons (Fsp3) is 0.176. The van der Waals surface area contributed by atoms with Crippen molar-refractivity contribution in [2.45, 2.75) is 20.0 Å². The largest absolute Gasteiger partial charge is 0.491 e. The Kier molecular flexibility index (Phi) is 3.55. The number of ether oxygens (including phenoxy) is 1. The van der Waals surface area contributed by atoms with Crippen molar-refractivity contribution in [3.63, 3.8) is 0 Å². The summed E-state index contributed by atoms with van der Waals surface area (Å²) in [5.41, 5.74) is 2.03. The second-order valence-corrected chi connectivity index (χ2v) is 5.20. The number of nitrogens with zero attached hydrogens (tertiary/aromatic N) is 1. The maximum absolute atomic E-state index is 11.0. The molecule has 112 valence electrons. The zero-order valence-electron chi connectivity index (χ0n) is 12.2. The molecule has 0 aliphatic carbocycles. The fourth-order valence-corrected chi connectivity index (χ4v) is 2.16. The molecule has 0 atom stereocenters. The third kappa shape index (κ3) is 2.79. The third-order valence-electron chi connectivity index (χ3n) is 3.09. The SMILES string of the molecule is CC(C)Oc1cccc(-c2nc3ccc(C(=O)O)cc3o2)c1. The molecule has 1 aromatic heterocycles. The van der Waals surface area contributed by atoms with Crippen LogP contribution in [0, 0.1) is 0 Å². The average molecular weight is 297 g/mol. The lowest BCUT2D eigenvalue weighted by molar-refractivity contribution is 0.0697. The van der Waals surface area contributed by atoms with Gasteiger partial charge in [-0.15, -0.1) is 0 Å². The number of carbonyl (C=O) groups is 1. The van der Waals surface area contributed by atoms with E-state index in [-0.39, 0.29) is 11.7 Å². The lowest BCUT2D eigenvalue weighted by atomic mass is 10.2. The highest BCUT2D eigenvalue weighted by Gasteiger charge is 2.12. The van der Waals surface area contributed by atoms with Gasteiger partial charge in [0.05, 0.1) is 11.7 Å². The van der Waals surface area contributed by atoms with Gasteiger partial charge in [0.1, 0.15) is 11.3 Å². The van der Waals surface area contributed by atoms with Crippen LogP contribution in [0.4, 0.5) is 0 Å². The second kappa shape index (κ2) is 5.52. The summed E-state index contributed by atoms with van der Waals surface area (Å²) in [5.74, 6) is 0.180. The van der Waals surface area contributed by atoms with Gasteiger partial charge in [-0.25, -0.2) is 9.78 Å². The molecule has 0 aliphatic rings. The van der Waals surface area contributed by atoms with E-state index < -0.39 is 5.97 Å². The Balaban J connectivity index is 2.01. The quantitative estimate of drug-likeness (QED) is 0.788. The summed E-state index contributed by atoms with van der Waals surface area (Å²) in [6, 6.07) is 12.1. The first-order chi connectivity index (χ1) is 10.5. The molecule has 0 saturated heterocycles. The summed E-state index contributed by atoms with van der Waals surface area (Å²) >= 11 is 0. The Bertz CT molecular complexity index is 836. The average Bonchev–Trinajstić information content (AvgIpc) is 2.89. The van der Waals surface area contributed by atoms with E-state index in [4.69, 9.17) is 14.3 Å². The van der Waals surface area contributed by atoms with Crippen molar-refractivity contribution in [2.75, 3.05) is 0 Å². The van der Waals surface area contributed by atoms with Crippen LogP contribution in [0.25, 0.3) is 22.6 Å². The number of benzene rings is 2. The van der Waals surface area contributed by atoms with E-state index in [9.17, 15) is 4.79 Å². The Hall–Kier alpha value is -2.82. The van der Waals surface area contributed by atoms with Crippen molar-refractivity contribution in [3.8, 4) is 17.2 Å². The molecule has 0 amide bonds. The lowest BCUT2D eigenvalue weighted by Crippen LogP contribution is -2.05. The van der Waals surface area contributed by atoms with Gasteiger partial charge in [0.25, 0.3) is 0 Å². The highest BCUT2D eigenvalue weighted by Crippen LogP contribution is 2.27. The smallest absolute Gasteiger partial charge is 0.335 e. The van der Waals surface area contributed by atoms with Crippen LogP contribution < -0.4 is 4.74 Å². The molecule has 2 aromatic carbocycles. The van der Waals surface area contributed by atoms with Gasteiger partial charge in [-0.1, -0.05) is 6.07 Å². The summed E-state index contributed by atoms with van der Waals surface area (Å²) < 4.78 is 11.3. The number of aromatic carboxylic acids is 1. The van der Waals surface area contributed by atoms with Crippen LogP contribution in [0.5, 0.6) is 5.75 Å². The van der Waals surface area contributed by atoms with E-state index in [0.29, 0.717) is 17.0 Å². The zero-order valence-corrected chi connectivity index (χ0v) is 12.2. The van der Waals surface area contributed by atoms with E-state index in [2.05, 4.69) is 4.98 Å². The molecule has 3 rings (SSSR count). The van der Waals surface area contributed by atoms with Gasteiger partial charge >= 0.3 is 5.97 Å². The molecular weight excluding hydrogens is 282 g/mol. The van der Waals surface area contributed by atoms with Gasteiger partial charge in [-0.2, -0.15) is 0 Å². The van der Waals surface area contributed by atoms with E-state index in [1.165, 1.54) is 12.1 Å². The number of hydrogen-bond donors (Lipinski definition) is 1. The van der Waals surface area contributed by atoms with Gasteiger partial charge < -0.3 is 14.3 Å². The number of aromatic nitrogens is 1. The lowest BCUT2D eigenvalue weighted by Gasteiger charge is -2.09. The number of rotatable bonds is 4. The molecule has 5 heteroatoms. The molecule has 1 N–H and O–H groups in total. The molecule has 5 nitrogen and oxygen atoms in total. The van der Waals surface area contributed by atoms with Crippen molar-refractivity contribution in [1.29, 1.82) is 0 Å². The van der Waals surface area contributed by atoms with Crippen molar-refractivity contribution in [1.82, 2.24) is 4.98 Å². The molecule has 0 bridgehead atoms.